The molecule has 0 atom stereocenters. The molecule has 1 aromatic carbocycles. The second-order valence-electron chi connectivity index (χ2n) is 5.53. The highest BCUT2D eigenvalue weighted by molar-refractivity contribution is 5.26. The van der Waals surface area contributed by atoms with Gasteiger partial charge in [-0.15, -0.1) is 6.58 Å². The largest absolute Gasteiger partial charge is 0.345 e. The summed E-state index contributed by atoms with van der Waals surface area (Å²) in [6.07, 6.45) is 3.57. The van der Waals surface area contributed by atoms with Gasteiger partial charge in [0.1, 0.15) is 5.82 Å². The van der Waals surface area contributed by atoms with E-state index >= 15 is 0 Å². The summed E-state index contributed by atoms with van der Waals surface area (Å²) in [6, 6.07) is 4.91. The molecule has 0 saturated carbocycles. The maximum atomic E-state index is 14.2. The summed E-state index contributed by atoms with van der Waals surface area (Å²) in [6.45, 7) is 5.53. The minimum atomic E-state index is -1.42. The lowest BCUT2D eigenvalue weighted by Crippen LogP contribution is -2.41. The summed E-state index contributed by atoms with van der Waals surface area (Å²) >= 11 is 0. The fourth-order valence-corrected chi connectivity index (χ4v) is 2.50. The normalized spacial score (nSPS) is 25.8. The van der Waals surface area contributed by atoms with Gasteiger partial charge in [0.15, 0.2) is 12.0 Å². The zero-order valence-corrected chi connectivity index (χ0v) is 12.4. The van der Waals surface area contributed by atoms with Gasteiger partial charge in [0, 0.05) is 5.56 Å². The van der Waals surface area contributed by atoms with Crippen LogP contribution in [0.3, 0.4) is 0 Å². The van der Waals surface area contributed by atoms with Gasteiger partial charge in [-0.1, -0.05) is 31.6 Å². The van der Waals surface area contributed by atoms with E-state index in [2.05, 4.69) is 6.58 Å². The Kier molecular flexibility index (Phi) is 5.48. The maximum absolute atomic E-state index is 14.2. The SMILES string of the molecule is C=CCCc1ccc(C2OCC(F)(CCC)CO2)cc1F. The fourth-order valence-electron chi connectivity index (χ4n) is 2.50. The summed E-state index contributed by atoms with van der Waals surface area (Å²) in [7, 11) is 0. The molecule has 2 nitrogen and oxygen atoms in total. The van der Waals surface area contributed by atoms with E-state index in [0.29, 0.717) is 24.0 Å². The number of hydrogen-bond acceptors (Lipinski definition) is 2. The van der Waals surface area contributed by atoms with Crippen LogP contribution in [-0.4, -0.2) is 18.9 Å². The molecule has 2 rings (SSSR count). The van der Waals surface area contributed by atoms with Crippen molar-refractivity contribution in [2.75, 3.05) is 13.2 Å². The van der Waals surface area contributed by atoms with Crippen molar-refractivity contribution in [1.29, 1.82) is 0 Å². The van der Waals surface area contributed by atoms with Crippen molar-refractivity contribution >= 4 is 0 Å². The number of ether oxygens (including phenoxy) is 2. The lowest BCUT2D eigenvalue weighted by molar-refractivity contribution is -0.239. The van der Waals surface area contributed by atoms with Gasteiger partial charge < -0.3 is 9.47 Å². The van der Waals surface area contributed by atoms with Gasteiger partial charge in [-0.3, -0.25) is 0 Å². The van der Waals surface area contributed by atoms with E-state index in [1.807, 2.05) is 6.92 Å². The molecule has 4 heteroatoms. The Labute approximate surface area is 124 Å². The van der Waals surface area contributed by atoms with Gasteiger partial charge >= 0.3 is 0 Å². The van der Waals surface area contributed by atoms with Crippen molar-refractivity contribution in [2.24, 2.45) is 0 Å². The van der Waals surface area contributed by atoms with Crippen molar-refractivity contribution in [3.8, 4) is 0 Å². The Hall–Kier alpha value is -1.26. The third kappa shape index (κ3) is 4.11. The molecule has 116 valence electrons. The first kappa shape index (κ1) is 16.1. The van der Waals surface area contributed by atoms with E-state index in [0.717, 1.165) is 12.8 Å². The quantitative estimate of drug-likeness (QED) is 0.720. The Morgan fingerprint density at radius 1 is 1.38 bits per heavy atom. The molecule has 1 aliphatic heterocycles. The predicted molar refractivity (Wildman–Crippen MR) is 78.3 cm³/mol. The predicted octanol–water partition coefficient (Wildman–Crippen LogP) is 4.50. The van der Waals surface area contributed by atoms with Gasteiger partial charge in [0.25, 0.3) is 0 Å². The molecule has 21 heavy (non-hydrogen) atoms. The average molecular weight is 296 g/mol. The van der Waals surface area contributed by atoms with Crippen LogP contribution in [0.2, 0.25) is 0 Å². The molecular weight excluding hydrogens is 274 g/mol. The molecule has 0 amide bonds. The molecule has 1 fully saturated rings. The topological polar surface area (TPSA) is 18.5 Å². The minimum Gasteiger partial charge on any atom is -0.345 e. The number of aryl methyl sites for hydroxylation is 1. The molecule has 1 saturated heterocycles. The van der Waals surface area contributed by atoms with Crippen molar-refractivity contribution in [2.45, 2.75) is 44.6 Å². The van der Waals surface area contributed by atoms with Gasteiger partial charge in [-0.25, -0.2) is 8.78 Å². The lowest BCUT2D eigenvalue weighted by atomic mass is 10.0. The zero-order valence-electron chi connectivity index (χ0n) is 12.4. The van der Waals surface area contributed by atoms with Crippen molar-refractivity contribution in [3.05, 3.63) is 47.8 Å². The second-order valence-corrected chi connectivity index (χ2v) is 5.53. The van der Waals surface area contributed by atoms with Gasteiger partial charge in [0.05, 0.1) is 13.2 Å². The molecule has 1 aromatic rings. The first-order valence-corrected chi connectivity index (χ1v) is 7.39. The van der Waals surface area contributed by atoms with Crippen molar-refractivity contribution in [3.63, 3.8) is 0 Å². The summed E-state index contributed by atoms with van der Waals surface area (Å²) in [4.78, 5) is 0. The van der Waals surface area contributed by atoms with E-state index in [9.17, 15) is 8.78 Å². The highest BCUT2D eigenvalue weighted by atomic mass is 19.1. The van der Waals surface area contributed by atoms with Gasteiger partial charge in [0.2, 0.25) is 0 Å². The summed E-state index contributed by atoms with van der Waals surface area (Å²) in [5, 5.41) is 0. The summed E-state index contributed by atoms with van der Waals surface area (Å²) in [5.74, 6) is -0.285. The highest BCUT2D eigenvalue weighted by Gasteiger charge is 2.36. The first-order chi connectivity index (χ1) is 10.1. The van der Waals surface area contributed by atoms with E-state index in [-0.39, 0.29) is 19.0 Å². The third-order valence-electron chi connectivity index (χ3n) is 3.65. The molecule has 0 spiro atoms. The van der Waals surface area contributed by atoms with Crippen LogP contribution in [0.4, 0.5) is 8.78 Å². The third-order valence-corrected chi connectivity index (χ3v) is 3.65. The van der Waals surface area contributed by atoms with Gasteiger partial charge in [-0.2, -0.15) is 0 Å². The fraction of sp³-hybridized carbons (Fsp3) is 0.529. The average Bonchev–Trinajstić information content (AvgIpc) is 2.47. The Bertz CT molecular complexity index is 480. The number of rotatable bonds is 6. The molecule has 0 bridgehead atoms. The highest BCUT2D eigenvalue weighted by Crippen LogP contribution is 2.32. The van der Waals surface area contributed by atoms with Crippen LogP contribution < -0.4 is 0 Å². The van der Waals surface area contributed by atoms with Crippen LogP contribution in [0.1, 0.15) is 43.6 Å². The molecular formula is C17H22F2O2. The molecule has 1 aliphatic rings. The standard InChI is InChI=1S/C17H22F2O2/c1-3-5-6-13-7-8-14(10-15(13)18)16-20-11-17(19,9-4-2)12-21-16/h3,7-8,10,16H,1,4-6,9,11-12H2,2H3. The van der Waals surface area contributed by atoms with Crippen LogP contribution in [-0.2, 0) is 15.9 Å². The Balaban J connectivity index is 2.00. The number of benzene rings is 1. The molecule has 1 heterocycles. The first-order valence-electron chi connectivity index (χ1n) is 7.39. The lowest BCUT2D eigenvalue weighted by Gasteiger charge is -2.34. The molecule has 0 N–H and O–H groups in total. The maximum Gasteiger partial charge on any atom is 0.184 e. The van der Waals surface area contributed by atoms with Crippen LogP contribution in [0.15, 0.2) is 30.9 Å². The minimum absolute atomic E-state index is 0.00859. The second kappa shape index (κ2) is 7.14. The Morgan fingerprint density at radius 3 is 2.67 bits per heavy atom. The zero-order chi connectivity index (χ0) is 15.3. The van der Waals surface area contributed by atoms with Crippen LogP contribution in [0, 0.1) is 5.82 Å². The van der Waals surface area contributed by atoms with E-state index < -0.39 is 12.0 Å². The smallest absolute Gasteiger partial charge is 0.184 e. The molecule has 0 radical (unpaired) electrons. The molecule has 0 unspecified atom stereocenters. The molecule has 0 aliphatic carbocycles. The van der Waals surface area contributed by atoms with Crippen molar-refractivity contribution in [1.82, 2.24) is 0 Å². The monoisotopic (exact) mass is 296 g/mol. The summed E-state index contributed by atoms with van der Waals surface area (Å²) < 4.78 is 39.0. The van der Waals surface area contributed by atoms with E-state index in [4.69, 9.17) is 9.47 Å². The molecule has 0 aromatic heterocycles. The Morgan fingerprint density at radius 2 is 2.10 bits per heavy atom. The van der Waals surface area contributed by atoms with Crippen LogP contribution in [0.5, 0.6) is 0 Å². The number of hydrogen-bond donors (Lipinski definition) is 0. The van der Waals surface area contributed by atoms with E-state index in [1.54, 1.807) is 18.2 Å². The van der Waals surface area contributed by atoms with Gasteiger partial charge in [-0.05, 0) is 30.9 Å². The summed E-state index contributed by atoms with van der Waals surface area (Å²) in [5.41, 5.74) is -0.193. The van der Waals surface area contributed by atoms with Crippen LogP contribution in [0.25, 0.3) is 0 Å². The van der Waals surface area contributed by atoms with E-state index in [1.165, 1.54) is 6.07 Å². The number of alkyl halides is 1. The van der Waals surface area contributed by atoms with Crippen LogP contribution >= 0.6 is 0 Å². The van der Waals surface area contributed by atoms with Crippen molar-refractivity contribution < 1.29 is 18.3 Å². The number of halogens is 2. The number of allylic oxidation sites excluding steroid dienone is 1.